The van der Waals surface area contributed by atoms with E-state index in [-0.39, 0.29) is 0 Å². The van der Waals surface area contributed by atoms with Crippen LogP contribution in [0.2, 0.25) is 0 Å². The summed E-state index contributed by atoms with van der Waals surface area (Å²) in [5.41, 5.74) is 0. The maximum Gasteiger partial charge on any atom is 0.00643 e. The molecule has 64 valence electrons. The molecular weight excluding hydrogens is 134 g/mol. The van der Waals surface area contributed by atoms with Gasteiger partial charge >= 0.3 is 0 Å². The Morgan fingerprint density at radius 1 is 1.27 bits per heavy atom. The van der Waals surface area contributed by atoms with Crippen LogP contribution in [0.1, 0.15) is 33.6 Å². The molecule has 0 N–H and O–H groups in total. The minimum Gasteiger partial charge on any atom is -0.304 e. The van der Waals surface area contributed by atoms with Crippen molar-refractivity contribution in [3.05, 3.63) is 0 Å². The first-order valence-corrected chi connectivity index (χ1v) is 4.26. The molecule has 1 aliphatic rings. The average Bonchev–Trinajstić information content (AvgIpc) is 2.37. The Bertz CT molecular complexity index is 127. The maximum absolute atomic E-state index is 2.68. The van der Waals surface area contributed by atoms with Gasteiger partial charge in [0.05, 0.1) is 0 Å². The van der Waals surface area contributed by atoms with Crippen molar-refractivity contribution in [2.45, 2.75) is 39.7 Å². The Kier molecular flexibility index (Phi) is 5.97. The molecule has 0 spiro atoms. The van der Waals surface area contributed by atoms with Gasteiger partial charge in [-0.25, -0.2) is 0 Å². The van der Waals surface area contributed by atoms with Crippen molar-refractivity contribution in [3.8, 4) is 11.8 Å². The summed E-state index contributed by atoms with van der Waals surface area (Å²) in [6, 6.07) is 0.847. The second-order valence-corrected chi connectivity index (χ2v) is 2.97. The first-order valence-electron chi connectivity index (χ1n) is 4.26. The third-order valence-corrected chi connectivity index (χ3v) is 2.14. The number of hydrogen-bond donors (Lipinski definition) is 0. The zero-order chi connectivity index (χ0) is 8.69. The predicted octanol–water partition coefficient (Wildman–Crippen LogP) is 2.13. The molecule has 1 heterocycles. The van der Waals surface area contributed by atoms with Crippen molar-refractivity contribution < 1.29 is 0 Å². The highest BCUT2D eigenvalue weighted by Gasteiger charge is 2.14. The molecule has 1 heteroatoms. The molecular formula is C10H19N. The summed E-state index contributed by atoms with van der Waals surface area (Å²) in [6.07, 6.45) is 2.80. The lowest BCUT2D eigenvalue weighted by Crippen LogP contribution is -2.20. The van der Waals surface area contributed by atoms with E-state index in [1.54, 1.807) is 0 Å². The number of hydrogen-bond acceptors (Lipinski definition) is 1. The van der Waals surface area contributed by atoms with E-state index in [1.165, 1.54) is 19.4 Å². The van der Waals surface area contributed by atoms with E-state index in [0.717, 1.165) is 6.04 Å². The van der Waals surface area contributed by atoms with Crippen molar-refractivity contribution in [2.24, 2.45) is 0 Å². The van der Waals surface area contributed by atoms with Crippen LogP contribution in [-0.2, 0) is 0 Å². The van der Waals surface area contributed by atoms with E-state index < -0.39 is 0 Å². The molecule has 1 nitrogen and oxygen atoms in total. The van der Waals surface area contributed by atoms with Gasteiger partial charge in [-0.05, 0) is 47.2 Å². The van der Waals surface area contributed by atoms with Gasteiger partial charge in [-0.3, -0.25) is 0 Å². The summed E-state index contributed by atoms with van der Waals surface area (Å²) >= 11 is 0. The van der Waals surface area contributed by atoms with Crippen LogP contribution in [0.3, 0.4) is 0 Å². The Labute approximate surface area is 70.8 Å². The minimum absolute atomic E-state index is 0.847. The highest BCUT2D eigenvalue weighted by molar-refractivity contribution is 4.89. The van der Waals surface area contributed by atoms with Crippen LogP contribution in [0.25, 0.3) is 0 Å². The first-order chi connectivity index (χ1) is 5.22. The Morgan fingerprint density at radius 2 is 1.82 bits per heavy atom. The van der Waals surface area contributed by atoms with Gasteiger partial charge in [-0.2, -0.15) is 0 Å². The molecule has 0 aromatic heterocycles. The van der Waals surface area contributed by atoms with Crippen molar-refractivity contribution in [3.63, 3.8) is 0 Å². The fraction of sp³-hybridized carbons (Fsp3) is 0.800. The Balaban J connectivity index is 0.000000218. The fourth-order valence-corrected chi connectivity index (χ4v) is 1.08. The highest BCUT2D eigenvalue weighted by Crippen LogP contribution is 2.12. The smallest absolute Gasteiger partial charge is 0.00643 e. The van der Waals surface area contributed by atoms with Crippen molar-refractivity contribution in [1.82, 2.24) is 4.90 Å². The van der Waals surface area contributed by atoms with Crippen LogP contribution in [0, 0.1) is 11.8 Å². The lowest BCUT2D eigenvalue weighted by atomic mass is 10.3. The van der Waals surface area contributed by atoms with Crippen LogP contribution in [0.15, 0.2) is 0 Å². The lowest BCUT2D eigenvalue weighted by Gasteiger charge is -2.12. The van der Waals surface area contributed by atoms with Gasteiger partial charge in [0.2, 0.25) is 0 Å². The van der Waals surface area contributed by atoms with Gasteiger partial charge in [0, 0.05) is 6.04 Å². The number of rotatable bonds is 0. The Morgan fingerprint density at radius 3 is 1.91 bits per heavy atom. The summed E-state index contributed by atoms with van der Waals surface area (Å²) in [5, 5.41) is 0. The quantitative estimate of drug-likeness (QED) is 0.482. The maximum atomic E-state index is 2.68. The lowest BCUT2D eigenvalue weighted by molar-refractivity contribution is 0.331. The topological polar surface area (TPSA) is 3.24 Å². The average molecular weight is 153 g/mol. The molecule has 0 aliphatic carbocycles. The van der Waals surface area contributed by atoms with Gasteiger partial charge < -0.3 is 4.90 Å². The molecule has 1 unspecified atom stereocenters. The second-order valence-electron chi connectivity index (χ2n) is 2.97. The van der Waals surface area contributed by atoms with Crippen molar-refractivity contribution >= 4 is 0 Å². The van der Waals surface area contributed by atoms with E-state index in [9.17, 15) is 0 Å². The molecule has 1 rings (SSSR count). The molecule has 0 radical (unpaired) electrons. The monoisotopic (exact) mass is 153 g/mol. The largest absolute Gasteiger partial charge is 0.304 e. The molecule has 11 heavy (non-hydrogen) atoms. The zero-order valence-electron chi connectivity index (χ0n) is 8.15. The summed E-state index contributed by atoms with van der Waals surface area (Å²) in [5.74, 6) is 5.36. The third kappa shape index (κ3) is 4.86. The van der Waals surface area contributed by atoms with Crippen LogP contribution < -0.4 is 0 Å². The summed E-state index contributed by atoms with van der Waals surface area (Å²) in [6.45, 7) is 7.23. The zero-order valence-corrected chi connectivity index (χ0v) is 8.15. The minimum atomic E-state index is 0.847. The van der Waals surface area contributed by atoms with Crippen LogP contribution in [0.4, 0.5) is 0 Å². The molecule has 0 amide bonds. The van der Waals surface area contributed by atoms with Gasteiger partial charge in [0.15, 0.2) is 0 Å². The fourth-order valence-electron chi connectivity index (χ4n) is 1.08. The van der Waals surface area contributed by atoms with Gasteiger partial charge in [0.1, 0.15) is 0 Å². The Hall–Kier alpha value is -0.480. The summed E-state index contributed by atoms with van der Waals surface area (Å²) in [7, 11) is 2.19. The number of likely N-dealkylation sites (tertiary alicyclic amines) is 1. The molecule has 0 aromatic rings. The highest BCUT2D eigenvalue weighted by atomic mass is 15.1. The summed E-state index contributed by atoms with van der Waals surface area (Å²) < 4.78 is 0. The van der Waals surface area contributed by atoms with Gasteiger partial charge in [0.25, 0.3) is 0 Å². The van der Waals surface area contributed by atoms with Crippen LogP contribution in [0.5, 0.6) is 0 Å². The standard InChI is InChI=1S/C6H13N.C4H6/c1-6-4-3-5-7(6)2;1-3-4-2/h6H,3-5H2,1-2H3;1-2H3. The first kappa shape index (κ1) is 10.5. The van der Waals surface area contributed by atoms with E-state index in [1.807, 2.05) is 13.8 Å². The van der Waals surface area contributed by atoms with Crippen molar-refractivity contribution in [1.29, 1.82) is 0 Å². The SMILES string of the molecule is CC#CC.CC1CCCN1C. The van der Waals surface area contributed by atoms with E-state index >= 15 is 0 Å². The summed E-state index contributed by atoms with van der Waals surface area (Å²) in [4.78, 5) is 2.40. The molecule has 1 aliphatic heterocycles. The van der Waals surface area contributed by atoms with Crippen molar-refractivity contribution in [2.75, 3.05) is 13.6 Å². The van der Waals surface area contributed by atoms with Crippen LogP contribution in [-0.4, -0.2) is 24.5 Å². The molecule has 0 saturated carbocycles. The predicted molar refractivity (Wildman–Crippen MR) is 50.5 cm³/mol. The van der Waals surface area contributed by atoms with Crippen LogP contribution >= 0.6 is 0 Å². The molecule has 1 saturated heterocycles. The van der Waals surface area contributed by atoms with E-state index in [4.69, 9.17) is 0 Å². The third-order valence-electron chi connectivity index (χ3n) is 2.14. The van der Waals surface area contributed by atoms with E-state index in [2.05, 4.69) is 30.7 Å². The van der Waals surface area contributed by atoms with Gasteiger partial charge in [-0.1, -0.05) is 0 Å². The molecule has 0 aromatic carbocycles. The number of nitrogens with zero attached hydrogens (tertiary/aromatic N) is 1. The molecule has 1 fully saturated rings. The molecule has 0 bridgehead atoms. The molecule has 1 atom stereocenters. The second kappa shape index (κ2) is 6.24. The van der Waals surface area contributed by atoms with E-state index in [0.29, 0.717) is 0 Å². The van der Waals surface area contributed by atoms with Gasteiger partial charge in [-0.15, -0.1) is 11.8 Å². The normalized spacial score (nSPS) is 23.1.